The van der Waals surface area contributed by atoms with Gasteiger partial charge in [0.15, 0.2) is 0 Å². The monoisotopic (exact) mass is 188 g/mol. The van der Waals surface area contributed by atoms with E-state index >= 15 is 0 Å². The third-order valence-corrected chi connectivity index (χ3v) is 2.12. The lowest BCUT2D eigenvalue weighted by Gasteiger charge is -2.07. The molecule has 0 bridgehead atoms. The van der Waals surface area contributed by atoms with Crippen LogP contribution in [0.3, 0.4) is 0 Å². The third kappa shape index (κ3) is 1.65. The lowest BCUT2D eigenvalue weighted by Crippen LogP contribution is -2.12. The molecule has 72 valence electrons. The summed E-state index contributed by atoms with van der Waals surface area (Å²) < 4.78 is 1.75. The smallest absolute Gasteiger partial charge is 0.0837 e. The first-order valence-corrected chi connectivity index (χ1v) is 4.42. The Kier molecular flexibility index (Phi) is 2.28. The van der Waals surface area contributed by atoms with Crippen LogP contribution in [-0.4, -0.2) is 14.8 Å². The van der Waals surface area contributed by atoms with Gasteiger partial charge in [0, 0.05) is 25.6 Å². The summed E-state index contributed by atoms with van der Waals surface area (Å²) >= 11 is 0. The quantitative estimate of drug-likeness (QED) is 0.760. The van der Waals surface area contributed by atoms with Crippen LogP contribution in [0.15, 0.2) is 36.8 Å². The van der Waals surface area contributed by atoms with E-state index in [0.29, 0.717) is 0 Å². The number of nitrogens with two attached hydrogens (primary N) is 1. The van der Waals surface area contributed by atoms with E-state index in [-0.39, 0.29) is 6.04 Å². The van der Waals surface area contributed by atoms with Crippen molar-refractivity contribution in [3.05, 3.63) is 48.0 Å². The summed E-state index contributed by atoms with van der Waals surface area (Å²) in [6.45, 7) is 0. The normalized spacial score (nSPS) is 12.7. The Morgan fingerprint density at radius 3 is 2.57 bits per heavy atom. The van der Waals surface area contributed by atoms with Gasteiger partial charge in [-0.2, -0.15) is 5.10 Å². The zero-order chi connectivity index (χ0) is 9.97. The van der Waals surface area contributed by atoms with Gasteiger partial charge in [0.25, 0.3) is 0 Å². The molecular weight excluding hydrogens is 176 g/mol. The zero-order valence-electron chi connectivity index (χ0n) is 7.96. The van der Waals surface area contributed by atoms with Crippen LogP contribution >= 0.6 is 0 Å². The average Bonchev–Trinajstić information content (AvgIpc) is 2.65. The molecule has 2 rings (SSSR count). The molecule has 0 aromatic carbocycles. The minimum Gasteiger partial charge on any atom is -0.319 e. The van der Waals surface area contributed by atoms with Gasteiger partial charge in [-0.1, -0.05) is 0 Å². The highest BCUT2D eigenvalue weighted by Gasteiger charge is 2.10. The largest absolute Gasteiger partial charge is 0.319 e. The van der Waals surface area contributed by atoms with Crippen LogP contribution in [-0.2, 0) is 7.05 Å². The Hall–Kier alpha value is -1.68. The zero-order valence-corrected chi connectivity index (χ0v) is 7.96. The number of aromatic nitrogens is 3. The van der Waals surface area contributed by atoms with Crippen LogP contribution in [0.25, 0.3) is 0 Å². The summed E-state index contributed by atoms with van der Waals surface area (Å²) in [5.41, 5.74) is 7.93. The highest BCUT2D eigenvalue weighted by molar-refractivity contribution is 5.24. The van der Waals surface area contributed by atoms with E-state index in [1.54, 1.807) is 17.1 Å². The molecule has 2 aromatic heterocycles. The van der Waals surface area contributed by atoms with Gasteiger partial charge in [-0.25, -0.2) is 0 Å². The van der Waals surface area contributed by atoms with Gasteiger partial charge in [-0.15, -0.1) is 0 Å². The van der Waals surface area contributed by atoms with Gasteiger partial charge >= 0.3 is 0 Å². The second-order valence-corrected chi connectivity index (χ2v) is 3.17. The number of nitrogens with zero attached hydrogens (tertiary/aromatic N) is 3. The summed E-state index contributed by atoms with van der Waals surface area (Å²) in [7, 11) is 1.88. The molecule has 0 saturated carbocycles. The van der Waals surface area contributed by atoms with Crippen molar-refractivity contribution in [1.29, 1.82) is 0 Å². The molecule has 1 unspecified atom stereocenters. The summed E-state index contributed by atoms with van der Waals surface area (Å²) in [6, 6.07) is 5.56. The van der Waals surface area contributed by atoms with Crippen LogP contribution in [0.2, 0.25) is 0 Å². The molecule has 0 saturated heterocycles. The van der Waals surface area contributed by atoms with E-state index in [4.69, 9.17) is 5.73 Å². The lowest BCUT2D eigenvalue weighted by molar-refractivity contribution is 0.715. The van der Waals surface area contributed by atoms with E-state index in [9.17, 15) is 0 Å². The van der Waals surface area contributed by atoms with Crippen molar-refractivity contribution in [3.63, 3.8) is 0 Å². The number of rotatable bonds is 2. The van der Waals surface area contributed by atoms with Crippen molar-refractivity contribution < 1.29 is 0 Å². The molecule has 14 heavy (non-hydrogen) atoms. The van der Waals surface area contributed by atoms with E-state index in [0.717, 1.165) is 11.3 Å². The molecule has 2 aromatic rings. The van der Waals surface area contributed by atoms with Gasteiger partial charge in [-0.05, 0) is 23.8 Å². The van der Waals surface area contributed by atoms with Crippen molar-refractivity contribution in [3.8, 4) is 0 Å². The first-order chi connectivity index (χ1) is 6.77. The van der Waals surface area contributed by atoms with Gasteiger partial charge in [0.05, 0.1) is 11.7 Å². The maximum absolute atomic E-state index is 6.03. The highest BCUT2D eigenvalue weighted by atomic mass is 15.3. The Balaban J connectivity index is 2.29. The first kappa shape index (κ1) is 8.90. The molecule has 0 amide bonds. The van der Waals surface area contributed by atoms with Crippen molar-refractivity contribution in [2.45, 2.75) is 6.04 Å². The standard InChI is InChI=1S/C10H12N4/c1-14-7-4-9(13-14)10(11)8-2-5-12-6-3-8/h2-7,10H,11H2,1H3. The fraction of sp³-hybridized carbons (Fsp3) is 0.200. The van der Waals surface area contributed by atoms with Crippen LogP contribution in [0.4, 0.5) is 0 Å². The number of hydrogen-bond donors (Lipinski definition) is 1. The molecule has 0 spiro atoms. The second kappa shape index (κ2) is 3.59. The molecule has 0 fully saturated rings. The van der Waals surface area contributed by atoms with Crippen LogP contribution < -0.4 is 5.73 Å². The Bertz CT molecular complexity index is 407. The van der Waals surface area contributed by atoms with Crippen molar-refractivity contribution in [2.24, 2.45) is 12.8 Å². The van der Waals surface area contributed by atoms with Crippen LogP contribution in [0.5, 0.6) is 0 Å². The van der Waals surface area contributed by atoms with Gasteiger partial charge in [0.1, 0.15) is 0 Å². The van der Waals surface area contributed by atoms with Crippen molar-refractivity contribution >= 4 is 0 Å². The van der Waals surface area contributed by atoms with Crippen LogP contribution in [0, 0.1) is 0 Å². The molecule has 2 heterocycles. The Labute approximate surface area is 82.4 Å². The molecule has 0 radical (unpaired) electrons. The summed E-state index contributed by atoms with van der Waals surface area (Å²) in [5, 5.41) is 4.26. The average molecular weight is 188 g/mol. The summed E-state index contributed by atoms with van der Waals surface area (Å²) in [4.78, 5) is 3.95. The molecule has 0 aliphatic rings. The van der Waals surface area contributed by atoms with E-state index < -0.39 is 0 Å². The van der Waals surface area contributed by atoms with E-state index in [1.807, 2.05) is 31.4 Å². The molecule has 4 heteroatoms. The van der Waals surface area contributed by atoms with E-state index in [2.05, 4.69) is 10.1 Å². The molecule has 0 aliphatic carbocycles. The first-order valence-electron chi connectivity index (χ1n) is 4.42. The Morgan fingerprint density at radius 1 is 1.29 bits per heavy atom. The van der Waals surface area contributed by atoms with Gasteiger partial charge < -0.3 is 5.73 Å². The maximum atomic E-state index is 6.03. The SMILES string of the molecule is Cn1ccc(C(N)c2ccncc2)n1. The predicted molar refractivity (Wildman–Crippen MR) is 53.5 cm³/mol. The third-order valence-electron chi connectivity index (χ3n) is 2.12. The van der Waals surface area contributed by atoms with Gasteiger partial charge in [-0.3, -0.25) is 9.67 Å². The number of aryl methyl sites for hydroxylation is 1. The van der Waals surface area contributed by atoms with Crippen molar-refractivity contribution in [2.75, 3.05) is 0 Å². The second-order valence-electron chi connectivity index (χ2n) is 3.17. The maximum Gasteiger partial charge on any atom is 0.0837 e. The molecule has 4 nitrogen and oxygen atoms in total. The number of hydrogen-bond acceptors (Lipinski definition) is 3. The fourth-order valence-corrected chi connectivity index (χ4v) is 1.34. The predicted octanol–water partition coefficient (Wildman–Crippen LogP) is 0.863. The highest BCUT2D eigenvalue weighted by Crippen LogP contribution is 2.15. The molecule has 1 atom stereocenters. The summed E-state index contributed by atoms with van der Waals surface area (Å²) in [6.07, 6.45) is 5.35. The minimum absolute atomic E-state index is 0.167. The summed E-state index contributed by atoms with van der Waals surface area (Å²) in [5.74, 6) is 0. The lowest BCUT2D eigenvalue weighted by atomic mass is 10.1. The molecular formula is C10H12N4. The minimum atomic E-state index is -0.167. The van der Waals surface area contributed by atoms with Crippen molar-refractivity contribution in [1.82, 2.24) is 14.8 Å². The van der Waals surface area contributed by atoms with Crippen LogP contribution in [0.1, 0.15) is 17.3 Å². The van der Waals surface area contributed by atoms with Gasteiger partial charge in [0.2, 0.25) is 0 Å². The van der Waals surface area contributed by atoms with E-state index in [1.165, 1.54) is 0 Å². The molecule has 2 N–H and O–H groups in total. The number of pyridine rings is 1. The topological polar surface area (TPSA) is 56.7 Å². The fourth-order valence-electron chi connectivity index (χ4n) is 1.34. The Morgan fingerprint density at radius 2 is 2.00 bits per heavy atom. The molecule has 0 aliphatic heterocycles.